The second-order valence-electron chi connectivity index (χ2n) is 4.03. The Kier molecular flexibility index (Phi) is 2.69. The molecular formula is C11H6N4O5S. The highest BCUT2D eigenvalue weighted by Gasteiger charge is 2.44. The number of aromatic carboxylic acids is 1. The van der Waals surface area contributed by atoms with Crippen LogP contribution in [0.2, 0.25) is 0 Å². The van der Waals surface area contributed by atoms with Crippen LogP contribution in [0.15, 0.2) is 35.5 Å². The van der Waals surface area contributed by atoms with E-state index in [1.165, 1.54) is 12.4 Å². The summed E-state index contributed by atoms with van der Waals surface area (Å²) in [6.45, 7) is 0. The van der Waals surface area contributed by atoms with Crippen LogP contribution in [0.4, 0.5) is 5.95 Å². The SMILES string of the molecule is O=C(O)c1ccc2c(c1)S(=O)(=O)N(c1nccnn1)C2=O. The van der Waals surface area contributed by atoms with Crippen molar-refractivity contribution in [3.63, 3.8) is 0 Å². The van der Waals surface area contributed by atoms with Gasteiger partial charge in [-0.05, 0) is 18.2 Å². The molecule has 0 bridgehead atoms. The Morgan fingerprint density at radius 1 is 1.24 bits per heavy atom. The number of fused-ring (bicyclic) bond motifs is 1. The van der Waals surface area contributed by atoms with Crippen molar-refractivity contribution in [1.29, 1.82) is 0 Å². The quantitative estimate of drug-likeness (QED) is 0.815. The second kappa shape index (κ2) is 4.31. The molecule has 1 aliphatic heterocycles. The summed E-state index contributed by atoms with van der Waals surface area (Å²) in [6.07, 6.45) is 2.42. The fraction of sp³-hybridized carbons (Fsp3) is 0. The average molecular weight is 306 g/mol. The van der Waals surface area contributed by atoms with Crippen LogP contribution in [-0.4, -0.2) is 40.6 Å². The summed E-state index contributed by atoms with van der Waals surface area (Å²) in [5.41, 5.74) is -0.369. The number of rotatable bonds is 2. The van der Waals surface area contributed by atoms with Crippen LogP contribution in [0.5, 0.6) is 0 Å². The minimum atomic E-state index is -4.25. The van der Waals surface area contributed by atoms with Crippen LogP contribution in [0, 0.1) is 0 Å². The first-order valence-corrected chi connectivity index (χ1v) is 6.97. The predicted octanol–water partition coefficient (Wildman–Crippen LogP) is -0.0811. The number of amides is 1. The Morgan fingerprint density at radius 2 is 2.00 bits per heavy atom. The fourth-order valence-electron chi connectivity index (χ4n) is 1.89. The highest BCUT2D eigenvalue weighted by molar-refractivity contribution is 7.94. The van der Waals surface area contributed by atoms with Crippen molar-refractivity contribution in [2.75, 3.05) is 4.31 Å². The van der Waals surface area contributed by atoms with Gasteiger partial charge in [-0.1, -0.05) is 0 Å². The summed E-state index contributed by atoms with van der Waals surface area (Å²) in [6, 6.07) is 3.23. The summed E-state index contributed by atoms with van der Waals surface area (Å²) >= 11 is 0. The van der Waals surface area contributed by atoms with Gasteiger partial charge in [-0.3, -0.25) is 4.79 Å². The van der Waals surface area contributed by atoms with Crippen molar-refractivity contribution in [3.8, 4) is 0 Å². The molecule has 21 heavy (non-hydrogen) atoms. The normalized spacial score (nSPS) is 15.8. The lowest BCUT2D eigenvalue weighted by Crippen LogP contribution is -2.31. The van der Waals surface area contributed by atoms with E-state index in [2.05, 4.69) is 15.2 Å². The largest absolute Gasteiger partial charge is 0.478 e. The molecule has 1 aromatic heterocycles. The molecule has 0 atom stereocenters. The van der Waals surface area contributed by atoms with Gasteiger partial charge in [0.05, 0.1) is 23.5 Å². The molecule has 1 amide bonds. The first-order chi connectivity index (χ1) is 9.93. The Hall–Kier alpha value is -2.88. The number of carboxylic acids is 1. The molecule has 1 N–H and O–H groups in total. The molecule has 1 aromatic carbocycles. The molecule has 2 heterocycles. The zero-order valence-electron chi connectivity index (χ0n) is 10.2. The Labute approximate surface area is 117 Å². The van der Waals surface area contributed by atoms with Crippen LogP contribution < -0.4 is 4.31 Å². The number of anilines is 1. The number of sulfonamides is 1. The molecule has 0 fully saturated rings. The summed E-state index contributed by atoms with van der Waals surface area (Å²) in [5.74, 6) is -2.54. The lowest BCUT2D eigenvalue weighted by atomic mass is 10.1. The van der Waals surface area contributed by atoms with Gasteiger partial charge in [0, 0.05) is 0 Å². The molecule has 0 aliphatic carbocycles. The topological polar surface area (TPSA) is 130 Å². The van der Waals surface area contributed by atoms with Crippen LogP contribution in [0.1, 0.15) is 20.7 Å². The monoisotopic (exact) mass is 306 g/mol. The fourth-order valence-corrected chi connectivity index (χ4v) is 3.42. The van der Waals surface area contributed by atoms with Gasteiger partial charge in [0.15, 0.2) is 0 Å². The van der Waals surface area contributed by atoms with Gasteiger partial charge in [-0.2, -0.15) is 9.40 Å². The maximum Gasteiger partial charge on any atom is 0.335 e. The Morgan fingerprint density at radius 3 is 2.62 bits per heavy atom. The van der Waals surface area contributed by atoms with E-state index in [1.807, 2.05) is 0 Å². The van der Waals surface area contributed by atoms with Crippen molar-refractivity contribution in [3.05, 3.63) is 41.7 Å². The zero-order valence-corrected chi connectivity index (χ0v) is 11.0. The number of carbonyl (C=O) groups excluding carboxylic acids is 1. The molecule has 9 nitrogen and oxygen atoms in total. The summed E-state index contributed by atoms with van der Waals surface area (Å²) in [5, 5.41) is 15.9. The van der Waals surface area contributed by atoms with Gasteiger partial charge in [0.2, 0.25) is 0 Å². The molecule has 10 heteroatoms. The summed E-state index contributed by atoms with van der Waals surface area (Å²) < 4.78 is 25.1. The summed E-state index contributed by atoms with van der Waals surface area (Å²) in [7, 11) is -4.25. The van der Waals surface area contributed by atoms with Crippen LogP contribution in [-0.2, 0) is 10.0 Å². The molecule has 106 valence electrons. The molecule has 1 aliphatic rings. The van der Waals surface area contributed by atoms with Gasteiger partial charge in [0.1, 0.15) is 4.90 Å². The van der Waals surface area contributed by atoms with Gasteiger partial charge in [-0.25, -0.2) is 18.2 Å². The van der Waals surface area contributed by atoms with Crippen LogP contribution in [0.3, 0.4) is 0 Å². The third kappa shape index (κ3) is 1.84. The number of carbonyl (C=O) groups is 2. The van der Waals surface area contributed by atoms with Crippen molar-refractivity contribution in [1.82, 2.24) is 15.2 Å². The molecule has 0 spiro atoms. The van der Waals surface area contributed by atoms with Crippen molar-refractivity contribution < 1.29 is 23.1 Å². The number of hydrogen-bond acceptors (Lipinski definition) is 7. The molecular weight excluding hydrogens is 300 g/mol. The first-order valence-electron chi connectivity index (χ1n) is 5.53. The molecule has 0 saturated carbocycles. The molecule has 2 aromatic rings. The summed E-state index contributed by atoms with van der Waals surface area (Å²) in [4.78, 5) is 26.4. The van der Waals surface area contributed by atoms with E-state index in [0.717, 1.165) is 18.2 Å². The van der Waals surface area contributed by atoms with E-state index < -0.39 is 27.8 Å². The second-order valence-corrected chi connectivity index (χ2v) is 5.79. The smallest absolute Gasteiger partial charge is 0.335 e. The Bertz CT molecular complexity index is 865. The highest BCUT2D eigenvalue weighted by Crippen LogP contribution is 2.33. The van der Waals surface area contributed by atoms with Gasteiger partial charge >= 0.3 is 5.97 Å². The average Bonchev–Trinajstić information content (AvgIpc) is 2.66. The molecule has 0 saturated heterocycles. The highest BCUT2D eigenvalue weighted by atomic mass is 32.2. The zero-order chi connectivity index (χ0) is 15.2. The lowest BCUT2D eigenvalue weighted by molar-refractivity contribution is 0.0696. The van der Waals surface area contributed by atoms with Gasteiger partial charge in [0.25, 0.3) is 21.9 Å². The minimum absolute atomic E-state index is 0.132. The van der Waals surface area contributed by atoms with Gasteiger partial charge < -0.3 is 5.11 Å². The van der Waals surface area contributed by atoms with Crippen LogP contribution >= 0.6 is 0 Å². The molecule has 3 rings (SSSR count). The number of nitrogens with zero attached hydrogens (tertiary/aromatic N) is 4. The van der Waals surface area contributed by atoms with Gasteiger partial charge in [-0.15, -0.1) is 5.10 Å². The van der Waals surface area contributed by atoms with E-state index >= 15 is 0 Å². The van der Waals surface area contributed by atoms with Crippen molar-refractivity contribution in [2.24, 2.45) is 0 Å². The van der Waals surface area contributed by atoms with E-state index in [1.54, 1.807) is 0 Å². The third-order valence-corrected chi connectivity index (χ3v) is 4.52. The van der Waals surface area contributed by atoms with E-state index in [-0.39, 0.29) is 16.0 Å². The third-order valence-electron chi connectivity index (χ3n) is 2.81. The molecule has 0 unspecified atom stereocenters. The standard InChI is InChI=1S/C11H6N4O5S/c16-9-7-2-1-6(10(17)18)5-8(7)21(19,20)15(9)11-12-3-4-13-14-11/h1-5H,(H,17,18). The maximum absolute atomic E-state index is 12.4. The van der Waals surface area contributed by atoms with Crippen LogP contribution in [0.25, 0.3) is 0 Å². The van der Waals surface area contributed by atoms with Crippen molar-refractivity contribution >= 4 is 27.8 Å². The van der Waals surface area contributed by atoms with E-state index in [4.69, 9.17) is 5.11 Å². The predicted molar refractivity (Wildman–Crippen MR) is 67.2 cm³/mol. The lowest BCUT2D eigenvalue weighted by Gasteiger charge is -2.10. The number of benzene rings is 1. The Balaban J connectivity index is 2.22. The number of carboxylic acid groups (broad SMARTS) is 1. The minimum Gasteiger partial charge on any atom is -0.478 e. The molecule has 0 radical (unpaired) electrons. The van der Waals surface area contributed by atoms with E-state index in [9.17, 15) is 18.0 Å². The van der Waals surface area contributed by atoms with Crippen molar-refractivity contribution in [2.45, 2.75) is 4.90 Å². The maximum atomic E-state index is 12.4. The number of aromatic nitrogens is 3. The first kappa shape index (κ1) is 13.1. The number of hydrogen-bond donors (Lipinski definition) is 1. The van der Waals surface area contributed by atoms with E-state index in [0.29, 0.717) is 4.31 Å².